The van der Waals surface area contributed by atoms with Gasteiger partial charge in [0.2, 0.25) is 0 Å². The molecule has 0 aliphatic carbocycles. The first-order chi connectivity index (χ1) is 7.45. The van der Waals surface area contributed by atoms with E-state index in [1.54, 1.807) is 12.5 Å². The molecule has 4 nitrogen and oxygen atoms in total. The number of carbonyl (C=O) groups excluding carboxylic acids is 1. The van der Waals surface area contributed by atoms with Crippen molar-refractivity contribution in [2.75, 3.05) is 7.11 Å². The number of hydrogen-bond acceptors (Lipinski definition) is 4. The predicted octanol–water partition coefficient (Wildman–Crippen LogP) is 1.88. The van der Waals surface area contributed by atoms with Crippen molar-refractivity contribution in [3.63, 3.8) is 0 Å². The first-order valence-corrected chi connectivity index (χ1v) is 5.31. The molecule has 0 spiro atoms. The molecule has 16 heavy (non-hydrogen) atoms. The summed E-state index contributed by atoms with van der Waals surface area (Å²) in [4.78, 5) is 19.4. The Morgan fingerprint density at radius 2 is 2.12 bits per heavy atom. The minimum absolute atomic E-state index is 0.0333. The Labute approximate surface area is 96.1 Å². The van der Waals surface area contributed by atoms with Gasteiger partial charge in [-0.1, -0.05) is 20.8 Å². The number of aromatic nitrogens is 2. The van der Waals surface area contributed by atoms with Gasteiger partial charge in [0.25, 0.3) is 0 Å². The van der Waals surface area contributed by atoms with Crippen LogP contribution in [0.25, 0.3) is 0 Å². The molecule has 0 aliphatic rings. The molecule has 0 aromatic carbocycles. The van der Waals surface area contributed by atoms with Gasteiger partial charge in [0.05, 0.1) is 12.8 Å². The number of ether oxygens (including phenoxy) is 1. The Balaban J connectivity index is 2.84. The molecule has 1 aromatic heterocycles. The van der Waals surface area contributed by atoms with E-state index in [0.717, 1.165) is 11.3 Å². The van der Waals surface area contributed by atoms with Gasteiger partial charge < -0.3 is 4.74 Å². The number of aryl methyl sites for hydroxylation is 1. The van der Waals surface area contributed by atoms with Crippen molar-refractivity contribution in [1.29, 1.82) is 0 Å². The predicted molar refractivity (Wildman–Crippen MR) is 61.1 cm³/mol. The summed E-state index contributed by atoms with van der Waals surface area (Å²) < 4.78 is 4.62. The van der Waals surface area contributed by atoms with Crippen LogP contribution >= 0.6 is 0 Å². The third-order valence-corrected chi connectivity index (χ3v) is 2.32. The van der Waals surface area contributed by atoms with E-state index in [2.05, 4.69) is 35.5 Å². The highest BCUT2D eigenvalue weighted by atomic mass is 16.5. The van der Waals surface area contributed by atoms with Crippen molar-refractivity contribution in [2.45, 2.75) is 39.0 Å². The summed E-state index contributed by atoms with van der Waals surface area (Å²) in [7, 11) is 1.40. The van der Waals surface area contributed by atoms with Gasteiger partial charge in [-0.15, -0.1) is 0 Å². The molecular weight excluding hydrogens is 204 g/mol. The highest BCUT2D eigenvalue weighted by molar-refractivity contribution is 5.69. The molecule has 1 heterocycles. The zero-order valence-corrected chi connectivity index (χ0v) is 10.3. The Morgan fingerprint density at radius 1 is 1.44 bits per heavy atom. The molecule has 0 saturated carbocycles. The van der Waals surface area contributed by atoms with Gasteiger partial charge in [0.15, 0.2) is 0 Å². The maximum Gasteiger partial charge on any atom is 0.305 e. The lowest BCUT2D eigenvalue weighted by atomic mass is 9.88. The molecule has 0 atom stereocenters. The Hall–Kier alpha value is -1.45. The largest absolute Gasteiger partial charge is 0.469 e. The molecule has 0 N–H and O–H groups in total. The third-order valence-electron chi connectivity index (χ3n) is 2.32. The molecule has 1 aromatic rings. The molecule has 4 heteroatoms. The minimum Gasteiger partial charge on any atom is -0.469 e. The van der Waals surface area contributed by atoms with E-state index >= 15 is 0 Å². The Kier molecular flexibility index (Phi) is 3.99. The van der Waals surface area contributed by atoms with Crippen LogP contribution in [-0.2, 0) is 21.4 Å². The smallest absolute Gasteiger partial charge is 0.305 e. The van der Waals surface area contributed by atoms with E-state index < -0.39 is 0 Å². The molecule has 1 rings (SSSR count). The fourth-order valence-corrected chi connectivity index (χ4v) is 1.56. The number of hydrogen-bond donors (Lipinski definition) is 0. The van der Waals surface area contributed by atoms with Crippen LogP contribution in [0.3, 0.4) is 0 Å². The van der Waals surface area contributed by atoms with Crippen LogP contribution in [-0.4, -0.2) is 23.0 Å². The maximum absolute atomic E-state index is 11.1. The monoisotopic (exact) mass is 222 g/mol. The van der Waals surface area contributed by atoms with Crippen LogP contribution in [0.4, 0.5) is 0 Å². The van der Waals surface area contributed by atoms with E-state index in [1.165, 1.54) is 7.11 Å². The highest BCUT2D eigenvalue weighted by Gasteiger charge is 2.19. The molecule has 0 aliphatic heterocycles. The van der Waals surface area contributed by atoms with Gasteiger partial charge in [0, 0.05) is 18.0 Å². The lowest BCUT2D eigenvalue weighted by molar-refractivity contribution is -0.140. The second-order valence-electron chi connectivity index (χ2n) is 4.72. The van der Waals surface area contributed by atoms with Crippen molar-refractivity contribution in [3.8, 4) is 0 Å². The van der Waals surface area contributed by atoms with Crippen LogP contribution in [0.15, 0.2) is 12.5 Å². The summed E-state index contributed by atoms with van der Waals surface area (Å²) in [6.45, 7) is 6.28. The molecule has 88 valence electrons. The van der Waals surface area contributed by atoms with Gasteiger partial charge in [-0.2, -0.15) is 0 Å². The quantitative estimate of drug-likeness (QED) is 0.733. The SMILES string of the molecule is COC(=O)CCc1cncnc1C(C)(C)C. The lowest BCUT2D eigenvalue weighted by Gasteiger charge is -2.20. The van der Waals surface area contributed by atoms with Crippen molar-refractivity contribution in [1.82, 2.24) is 9.97 Å². The van der Waals surface area contributed by atoms with Crippen molar-refractivity contribution in [3.05, 3.63) is 23.8 Å². The fraction of sp³-hybridized carbons (Fsp3) is 0.583. The van der Waals surface area contributed by atoms with Crippen molar-refractivity contribution >= 4 is 5.97 Å². The highest BCUT2D eigenvalue weighted by Crippen LogP contribution is 2.23. The number of carbonyl (C=O) groups is 1. The second-order valence-corrected chi connectivity index (χ2v) is 4.72. The van der Waals surface area contributed by atoms with Gasteiger partial charge >= 0.3 is 5.97 Å². The third kappa shape index (κ3) is 3.29. The maximum atomic E-state index is 11.1. The van der Waals surface area contributed by atoms with Crippen molar-refractivity contribution in [2.24, 2.45) is 0 Å². The van der Waals surface area contributed by atoms with Crippen molar-refractivity contribution < 1.29 is 9.53 Å². The lowest BCUT2D eigenvalue weighted by Crippen LogP contribution is -2.17. The summed E-state index contributed by atoms with van der Waals surface area (Å²) in [5.74, 6) is -0.205. The number of esters is 1. The number of methoxy groups -OCH3 is 1. The topological polar surface area (TPSA) is 52.1 Å². The summed E-state index contributed by atoms with van der Waals surface area (Å²) in [5, 5.41) is 0. The molecule has 0 fully saturated rings. The fourth-order valence-electron chi connectivity index (χ4n) is 1.56. The van der Waals surface area contributed by atoms with E-state index in [4.69, 9.17) is 0 Å². The molecule has 0 radical (unpaired) electrons. The summed E-state index contributed by atoms with van der Waals surface area (Å²) in [5.41, 5.74) is 1.97. The summed E-state index contributed by atoms with van der Waals surface area (Å²) >= 11 is 0. The van der Waals surface area contributed by atoms with Crippen LogP contribution in [0.5, 0.6) is 0 Å². The second kappa shape index (κ2) is 5.05. The van der Waals surface area contributed by atoms with E-state index in [1.807, 2.05) is 0 Å². The minimum atomic E-state index is -0.205. The molecule has 0 saturated heterocycles. The van der Waals surface area contributed by atoms with Crippen LogP contribution in [0.1, 0.15) is 38.4 Å². The summed E-state index contributed by atoms with van der Waals surface area (Å²) in [6.07, 6.45) is 4.31. The zero-order chi connectivity index (χ0) is 12.2. The summed E-state index contributed by atoms with van der Waals surface area (Å²) in [6, 6.07) is 0. The molecule has 0 unspecified atom stereocenters. The van der Waals surface area contributed by atoms with E-state index in [0.29, 0.717) is 12.8 Å². The van der Waals surface area contributed by atoms with E-state index in [9.17, 15) is 4.79 Å². The standard InChI is InChI=1S/C12H18N2O2/c1-12(2,3)11-9(7-13-8-14-11)5-6-10(15)16-4/h7-8H,5-6H2,1-4H3. The average Bonchev–Trinajstić information content (AvgIpc) is 2.25. The molecule has 0 bridgehead atoms. The molecular formula is C12H18N2O2. The number of nitrogens with zero attached hydrogens (tertiary/aromatic N) is 2. The van der Waals surface area contributed by atoms with Gasteiger partial charge in [-0.3, -0.25) is 4.79 Å². The Bertz CT molecular complexity index is 370. The van der Waals surface area contributed by atoms with E-state index in [-0.39, 0.29) is 11.4 Å². The van der Waals surface area contributed by atoms with Gasteiger partial charge in [-0.25, -0.2) is 9.97 Å². The van der Waals surface area contributed by atoms with Crippen LogP contribution < -0.4 is 0 Å². The van der Waals surface area contributed by atoms with Crippen LogP contribution in [0.2, 0.25) is 0 Å². The first-order valence-electron chi connectivity index (χ1n) is 5.31. The first kappa shape index (κ1) is 12.6. The van der Waals surface area contributed by atoms with Crippen LogP contribution in [0, 0.1) is 0 Å². The number of rotatable bonds is 3. The van der Waals surface area contributed by atoms with Gasteiger partial charge in [0.1, 0.15) is 6.33 Å². The zero-order valence-electron chi connectivity index (χ0n) is 10.3. The van der Waals surface area contributed by atoms with Gasteiger partial charge in [-0.05, 0) is 12.0 Å². The average molecular weight is 222 g/mol. The molecule has 0 amide bonds. The Morgan fingerprint density at radius 3 is 2.69 bits per heavy atom. The normalized spacial score (nSPS) is 11.2.